The second-order valence-electron chi connectivity index (χ2n) is 4.65. The second-order valence-corrected chi connectivity index (χ2v) is 4.65. The lowest BCUT2D eigenvalue weighted by Crippen LogP contribution is -2.09. The summed E-state index contributed by atoms with van der Waals surface area (Å²) in [6.07, 6.45) is 3.64. The van der Waals surface area contributed by atoms with E-state index in [4.69, 9.17) is 9.47 Å². The van der Waals surface area contributed by atoms with Crippen molar-refractivity contribution in [2.24, 2.45) is 0 Å². The number of methoxy groups -OCH3 is 1. The highest BCUT2D eigenvalue weighted by Crippen LogP contribution is 2.35. The monoisotopic (exact) mass is 283 g/mol. The molecule has 0 saturated carbocycles. The minimum Gasteiger partial charge on any atom is -0.497 e. The molecule has 0 fully saturated rings. The van der Waals surface area contributed by atoms with Crippen LogP contribution in [0.25, 0.3) is 6.08 Å². The summed E-state index contributed by atoms with van der Waals surface area (Å²) in [5, 5.41) is 10.7. The molecule has 1 aliphatic rings. The van der Waals surface area contributed by atoms with Gasteiger partial charge in [-0.05, 0) is 42.0 Å². The Hall–Kier alpha value is -2.82. The standard InChI is InChI=1S/C16H13NO4/c1-20-14-7-9-16-12(10-14)4-8-15(21-16)11-2-5-13(6-3-11)17(18)19/h2-10,15H,1H3. The van der Waals surface area contributed by atoms with Crippen molar-refractivity contribution in [1.82, 2.24) is 0 Å². The normalized spacial score (nSPS) is 16.0. The first-order valence-corrected chi connectivity index (χ1v) is 6.44. The SMILES string of the molecule is COc1ccc2c(c1)C=CC(c1ccc([N+](=O)[O-])cc1)O2. The van der Waals surface area contributed by atoms with Gasteiger partial charge in [-0.1, -0.05) is 6.08 Å². The average molecular weight is 283 g/mol. The van der Waals surface area contributed by atoms with E-state index in [1.54, 1.807) is 19.2 Å². The minimum absolute atomic E-state index is 0.0728. The molecular formula is C16H13NO4. The van der Waals surface area contributed by atoms with Gasteiger partial charge in [0.25, 0.3) is 5.69 Å². The van der Waals surface area contributed by atoms with E-state index in [0.717, 1.165) is 22.6 Å². The summed E-state index contributed by atoms with van der Waals surface area (Å²) in [6.45, 7) is 0. The Kier molecular flexibility index (Phi) is 3.31. The van der Waals surface area contributed by atoms with Crippen LogP contribution in [0, 0.1) is 10.1 Å². The summed E-state index contributed by atoms with van der Waals surface area (Å²) in [5.41, 5.74) is 1.90. The van der Waals surface area contributed by atoms with Gasteiger partial charge in [0.05, 0.1) is 12.0 Å². The third-order valence-corrected chi connectivity index (χ3v) is 3.35. The van der Waals surface area contributed by atoms with Crippen LogP contribution in [0.1, 0.15) is 17.2 Å². The van der Waals surface area contributed by atoms with Crippen LogP contribution in [0.5, 0.6) is 11.5 Å². The second kappa shape index (κ2) is 5.28. The molecule has 5 heteroatoms. The van der Waals surface area contributed by atoms with E-state index in [-0.39, 0.29) is 11.8 Å². The molecule has 1 atom stereocenters. The largest absolute Gasteiger partial charge is 0.497 e. The Morgan fingerprint density at radius 1 is 1.19 bits per heavy atom. The molecule has 1 heterocycles. The topological polar surface area (TPSA) is 61.6 Å². The van der Waals surface area contributed by atoms with Crippen LogP contribution in [0.15, 0.2) is 48.5 Å². The van der Waals surface area contributed by atoms with Crippen LogP contribution in [-0.2, 0) is 0 Å². The van der Waals surface area contributed by atoms with Gasteiger partial charge >= 0.3 is 0 Å². The van der Waals surface area contributed by atoms with Crippen molar-refractivity contribution < 1.29 is 14.4 Å². The number of ether oxygens (including phenoxy) is 2. The van der Waals surface area contributed by atoms with Gasteiger partial charge in [-0.15, -0.1) is 0 Å². The molecule has 2 aromatic rings. The number of rotatable bonds is 3. The van der Waals surface area contributed by atoms with E-state index in [2.05, 4.69) is 0 Å². The maximum Gasteiger partial charge on any atom is 0.269 e. The van der Waals surface area contributed by atoms with Gasteiger partial charge in [-0.3, -0.25) is 10.1 Å². The quantitative estimate of drug-likeness (QED) is 0.635. The van der Waals surface area contributed by atoms with Crippen molar-refractivity contribution in [2.45, 2.75) is 6.10 Å². The fourth-order valence-electron chi connectivity index (χ4n) is 2.22. The Labute approximate surface area is 121 Å². The first-order valence-electron chi connectivity index (χ1n) is 6.44. The van der Waals surface area contributed by atoms with Crippen LogP contribution in [0.4, 0.5) is 5.69 Å². The maximum absolute atomic E-state index is 10.7. The van der Waals surface area contributed by atoms with Crippen molar-refractivity contribution in [3.8, 4) is 11.5 Å². The lowest BCUT2D eigenvalue weighted by molar-refractivity contribution is -0.384. The summed E-state index contributed by atoms with van der Waals surface area (Å²) < 4.78 is 11.1. The molecule has 3 rings (SSSR count). The fraction of sp³-hybridized carbons (Fsp3) is 0.125. The summed E-state index contributed by atoms with van der Waals surface area (Å²) in [4.78, 5) is 10.2. The van der Waals surface area contributed by atoms with Crippen LogP contribution in [0.2, 0.25) is 0 Å². The number of non-ortho nitro benzene ring substituents is 1. The molecule has 0 N–H and O–H groups in total. The third kappa shape index (κ3) is 2.58. The lowest BCUT2D eigenvalue weighted by Gasteiger charge is -2.22. The molecule has 0 bridgehead atoms. The van der Waals surface area contributed by atoms with Crippen molar-refractivity contribution in [1.29, 1.82) is 0 Å². The van der Waals surface area contributed by atoms with Gasteiger partial charge in [0.2, 0.25) is 0 Å². The zero-order valence-corrected chi connectivity index (χ0v) is 11.4. The lowest BCUT2D eigenvalue weighted by atomic mass is 10.0. The predicted molar refractivity (Wildman–Crippen MR) is 78.5 cm³/mol. The van der Waals surface area contributed by atoms with Crippen LogP contribution in [0.3, 0.4) is 0 Å². The molecule has 106 valence electrons. The molecule has 0 saturated heterocycles. The molecule has 1 unspecified atom stereocenters. The molecule has 21 heavy (non-hydrogen) atoms. The molecule has 0 radical (unpaired) electrons. The Bertz CT molecular complexity index is 707. The highest BCUT2D eigenvalue weighted by molar-refractivity contribution is 5.62. The molecule has 1 aliphatic heterocycles. The maximum atomic E-state index is 10.7. The van der Waals surface area contributed by atoms with Crippen LogP contribution >= 0.6 is 0 Å². The molecule has 0 aromatic heterocycles. The van der Waals surface area contributed by atoms with Gasteiger partial charge in [0.15, 0.2) is 0 Å². The molecular weight excluding hydrogens is 270 g/mol. The average Bonchev–Trinajstić information content (AvgIpc) is 2.54. The molecule has 0 spiro atoms. The van der Waals surface area contributed by atoms with E-state index in [0.29, 0.717) is 0 Å². The predicted octanol–water partition coefficient (Wildman–Crippen LogP) is 3.75. The van der Waals surface area contributed by atoms with Crippen molar-refractivity contribution >= 4 is 11.8 Å². The molecule has 0 aliphatic carbocycles. The van der Waals surface area contributed by atoms with Gasteiger partial charge in [-0.2, -0.15) is 0 Å². The van der Waals surface area contributed by atoms with E-state index >= 15 is 0 Å². The van der Waals surface area contributed by atoms with Crippen molar-refractivity contribution in [3.63, 3.8) is 0 Å². The summed E-state index contributed by atoms with van der Waals surface area (Å²) in [7, 11) is 1.62. The fourth-order valence-corrected chi connectivity index (χ4v) is 2.22. The van der Waals surface area contributed by atoms with E-state index < -0.39 is 4.92 Å². The first-order chi connectivity index (χ1) is 10.2. The molecule has 2 aromatic carbocycles. The number of nitrogens with zero attached hydrogens (tertiary/aromatic N) is 1. The van der Waals surface area contributed by atoms with E-state index in [1.165, 1.54) is 12.1 Å². The van der Waals surface area contributed by atoms with Crippen LogP contribution in [-0.4, -0.2) is 12.0 Å². The van der Waals surface area contributed by atoms with Crippen LogP contribution < -0.4 is 9.47 Å². The van der Waals surface area contributed by atoms with Gasteiger partial charge in [0, 0.05) is 17.7 Å². The van der Waals surface area contributed by atoms with Crippen molar-refractivity contribution in [2.75, 3.05) is 7.11 Å². The number of hydrogen-bond donors (Lipinski definition) is 0. The number of nitro groups is 1. The first kappa shape index (κ1) is 13.2. The van der Waals surface area contributed by atoms with Gasteiger partial charge in [0.1, 0.15) is 17.6 Å². The highest BCUT2D eigenvalue weighted by Gasteiger charge is 2.17. The molecule has 0 amide bonds. The molecule has 5 nitrogen and oxygen atoms in total. The minimum atomic E-state index is -0.414. The Morgan fingerprint density at radius 3 is 2.62 bits per heavy atom. The third-order valence-electron chi connectivity index (χ3n) is 3.35. The summed E-state index contributed by atoms with van der Waals surface area (Å²) >= 11 is 0. The smallest absolute Gasteiger partial charge is 0.269 e. The van der Waals surface area contributed by atoms with Gasteiger partial charge in [-0.25, -0.2) is 0 Å². The summed E-state index contributed by atoms with van der Waals surface area (Å²) in [6, 6.07) is 12.0. The van der Waals surface area contributed by atoms with Crippen molar-refractivity contribution in [3.05, 3.63) is 69.8 Å². The highest BCUT2D eigenvalue weighted by atomic mass is 16.6. The Morgan fingerprint density at radius 2 is 1.95 bits per heavy atom. The van der Waals surface area contributed by atoms with E-state index in [1.807, 2.05) is 30.4 Å². The van der Waals surface area contributed by atoms with E-state index in [9.17, 15) is 10.1 Å². The zero-order valence-electron chi connectivity index (χ0n) is 11.4. The Balaban J connectivity index is 1.85. The zero-order chi connectivity index (χ0) is 14.8. The van der Waals surface area contributed by atoms with Gasteiger partial charge < -0.3 is 9.47 Å². The number of benzene rings is 2. The number of nitro benzene ring substituents is 1. The number of hydrogen-bond acceptors (Lipinski definition) is 4. The summed E-state index contributed by atoms with van der Waals surface area (Å²) in [5.74, 6) is 1.54. The number of fused-ring (bicyclic) bond motifs is 1.